The van der Waals surface area contributed by atoms with Gasteiger partial charge in [0.05, 0.1) is 12.1 Å². The number of hydrogen-bond acceptors (Lipinski definition) is 7. The maximum atomic E-state index is 12.7. The topological polar surface area (TPSA) is 171 Å². The SMILES string of the molecule is CC(C)CC(N)C(=O)NC(CS)C(=O)NC(C(=O)NC(Cc1ccccc1)C(=O)O)C(C)O. The number of thiol groups is 1. The van der Waals surface area contributed by atoms with E-state index in [1.165, 1.54) is 6.92 Å². The molecule has 3 amide bonds. The second-order valence-corrected chi connectivity index (χ2v) is 8.66. The molecule has 1 aromatic carbocycles. The maximum absolute atomic E-state index is 12.7. The Hall–Kier alpha value is -2.63. The Bertz CT molecular complexity index is 805. The van der Waals surface area contributed by atoms with E-state index in [-0.39, 0.29) is 18.1 Å². The van der Waals surface area contributed by atoms with E-state index < -0.39 is 54.0 Å². The molecule has 5 unspecified atom stereocenters. The van der Waals surface area contributed by atoms with Crippen LogP contribution >= 0.6 is 12.6 Å². The van der Waals surface area contributed by atoms with Gasteiger partial charge in [-0.3, -0.25) is 14.4 Å². The van der Waals surface area contributed by atoms with Gasteiger partial charge in [-0.25, -0.2) is 4.79 Å². The summed E-state index contributed by atoms with van der Waals surface area (Å²) < 4.78 is 0. The lowest BCUT2D eigenvalue weighted by molar-refractivity contribution is -0.143. The van der Waals surface area contributed by atoms with E-state index >= 15 is 0 Å². The van der Waals surface area contributed by atoms with E-state index in [0.29, 0.717) is 12.0 Å². The molecule has 0 aliphatic carbocycles. The van der Waals surface area contributed by atoms with Crippen molar-refractivity contribution in [1.29, 1.82) is 0 Å². The number of nitrogens with two attached hydrogens (primary N) is 1. The number of aliphatic hydroxyl groups excluding tert-OH is 1. The molecule has 0 saturated heterocycles. The Morgan fingerprint density at radius 2 is 1.52 bits per heavy atom. The second kappa shape index (κ2) is 13.8. The zero-order chi connectivity index (χ0) is 25.1. The van der Waals surface area contributed by atoms with Crippen molar-refractivity contribution in [3.63, 3.8) is 0 Å². The molecular weight excluding hydrogens is 448 g/mol. The van der Waals surface area contributed by atoms with E-state index in [0.717, 1.165) is 0 Å². The molecule has 5 atom stereocenters. The van der Waals surface area contributed by atoms with Gasteiger partial charge in [-0.15, -0.1) is 0 Å². The van der Waals surface area contributed by atoms with E-state index in [9.17, 15) is 29.4 Å². The highest BCUT2D eigenvalue weighted by molar-refractivity contribution is 7.80. The van der Waals surface area contributed by atoms with Crippen molar-refractivity contribution in [2.75, 3.05) is 5.75 Å². The highest BCUT2D eigenvalue weighted by Crippen LogP contribution is 2.06. The van der Waals surface area contributed by atoms with Gasteiger partial charge in [-0.1, -0.05) is 44.2 Å². The first kappa shape index (κ1) is 28.4. The predicted molar refractivity (Wildman–Crippen MR) is 127 cm³/mol. The van der Waals surface area contributed by atoms with Crippen LogP contribution in [0.1, 0.15) is 32.8 Å². The number of carbonyl (C=O) groups is 4. The summed E-state index contributed by atoms with van der Waals surface area (Å²) in [5.74, 6) is -3.33. The molecule has 0 heterocycles. The molecule has 33 heavy (non-hydrogen) atoms. The van der Waals surface area contributed by atoms with Crippen molar-refractivity contribution in [2.24, 2.45) is 11.7 Å². The first-order valence-corrected chi connectivity index (χ1v) is 11.3. The van der Waals surface area contributed by atoms with Gasteiger partial charge in [-0.05, 0) is 24.8 Å². The lowest BCUT2D eigenvalue weighted by Crippen LogP contribution is -2.60. The number of hydrogen-bond donors (Lipinski definition) is 7. The largest absolute Gasteiger partial charge is 0.480 e. The Morgan fingerprint density at radius 3 is 2.00 bits per heavy atom. The molecule has 0 fully saturated rings. The zero-order valence-corrected chi connectivity index (χ0v) is 19.9. The summed E-state index contributed by atoms with van der Waals surface area (Å²) in [4.78, 5) is 49.3. The predicted octanol–water partition coefficient (Wildman–Crippen LogP) is -0.548. The van der Waals surface area contributed by atoms with Gasteiger partial charge < -0.3 is 31.9 Å². The fourth-order valence-corrected chi connectivity index (χ4v) is 3.32. The molecule has 0 spiro atoms. The number of aliphatic carboxylic acids is 1. The van der Waals surface area contributed by atoms with Gasteiger partial charge in [-0.2, -0.15) is 12.6 Å². The minimum absolute atomic E-state index is 0.0193. The number of aliphatic hydroxyl groups is 1. The summed E-state index contributed by atoms with van der Waals surface area (Å²) in [6, 6.07) is 4.08. The fourth-order valence-electron chi connectivity index (χ4n) is 3.06. The number of carbonyl (C=O) groups excluding carboxylic acids is 3. The van der Waals surface area contributed by atoms with Crippen LogP contribution in [-0.2, 0) is 25.6 Å². The Labute approximate surface area is 199 Å². The minimum atomic E-state index is -1.45. The number of rotatable bonds is 13. The molecule has 7 N–H and O–H groups in total. The molecule has 0 bridgehead atoms. The smallest absolute Gasteiger partial charge is 0.326 e. The summed E-state index contributed by atoms with van der Waals surface area (Å²) in [5, 5.41) is 26.7. The van der Waals surface area contributed by atoms with Crippen molar-refractivity contribution >= 4 is 36.3 Å². The van der Waals surface area contributed by atoms with Crippen LogP contribution in [0.4, 0.5) is 0 Å². The van der Waals surface area contributed by atoms with Crippen molar-refractivity contribution in [1.82, 2.24) is 16.0 Å². The minimum Gasteiger partial charge on any atom is -0.480 e. The highest BCUT2D eigenvalue weighted by atomic mass is 32.1. The molecule has 1 rings (SSSR count). The lowest BCUT2D eigenvalue weighted by atomic mass is 10.0. The standard InChI is InChI=1S/C22H34N4O6S/c1-12(2)9-15(23)19(28)25-17(11-33)20(29)26-18(13(3)27)21(30)24-16(22(31)32)10-14-7-5-4-6-8-14/h4-8,12-13,15-18,27,33H,9-11,23H2,1-3H3,(H,24,30)(H,25,28)(H,26,29)(H,31,32). The van der Waals surface area contributed by atoms with Crippen molar-refractivity contribution in [2.45, 2.75) is 63.9 Å². The summed E-state index contributed by atoms with van der Waals surface area (Å²) in [6.07, 6.45) is -0.894. The van der Waals surface area contributed by atoms with Crippen LogP contribution in [0.15, 0.2) is 30.3 Å². The second-order valence-electron chi connectivity index (χ2n) is 8.30. The Morgan fingerprint density at radius 1 is 0.939 bits per heavy atom. The molecule has 0 saturated carbocycles. The van der Waals surface area contributed by atoms with Gasteiger partial charge >= 0.3 is 5.97 Å². The van der Waals surface area contributed by atoms with Crippen molar-refractivity contribution in [3.8, 4) is 0 Å². The number of carboxylic acids is 1. The van der Waals surface area contributed by atoms with E-state index in [2.05, 4.69) is 28.6 Å². The van der Waals surface area contributed by atoms with Crippen LogP contribution in [0.25, 0.3) is 0 Å². The van der Waals surface area contributed by atoms with Gasteiger partial charge in [0.25, 0.3) is 0 Å². The van der Waals surface area contributed by atoms with Crippen LogP contribution in [0, 0.1) is 5.92 Å². The number of benzene rings is 1. The third-order valence-corrected chi connectivity index (χ3v) is 5.20. The van der Waals surface area contributed by atoms with Gasteiger partial charge in [0.1, 0.15) is 18.1 Å². The van der Waals surface area contributed by atoms with E-state index in [4.69, 9.17) is 5.73 Å². The average Bonchev–Trinajstić information content (AvgIpc) is 2.74. The monoisotopic (exact) mass is 482 g/mol. The van der Waals surface area contributed by atoms with Gasteiger partial charge in [0.2, 0.25) is 17.7 Å². The number of nitrogens with one attached hydrogen (secondary N) is 3. The number of amides is 3. The summed E-state index contributed by atoms with van der Waals surface area (Å²) in [5.41, 5.74) is 6.53. The molecule has 0 radical (unpaired) electrons. The highest BCUT2D eigenvalue weighted by Gasteiger charge is 2.32. The molecule has 10 nitrogen and oxygen atoms in total. The molecule has 0 aliphatic heterocycles. The van der Waals surface area contributed by atoms with Crippen LogP contribution in [0.2, 0.25) is 0 Å². The summed E-state index contributed by atoms with van der Waals surface area (Å²) >= 11 is 4.07. The van der Waals surface area contributed by atoms with Gasteiger partial charge in [0, 0.05) is 12.2 Å². The third kappa shape index (κ3) is 9.80. The molecule has 11 heteroatoms. The van der Waals surface area contributed by atoms with Gasteiger partial charge in [0.15, 0.2) is 0 Å². The van der Waals surface area contributed by atoms with Crippen molar-refractivity contribution < 1.29 is 29.4 Å². The quantitative estimate of drug-likeness (QED) is 0.185. The Balaban J connectivity index is 2.84. The average molecular weight is 483 g/mol. The molecule has 184 valence electrons. The molecule has 0 aliphatic rings. The van der Waals surface area contributed by atoms with Crippen LogP contribution in [0.3, 0.4) is 0 Å². The fraction of sp³-hybridized carbons (Fsp3) is 0.545. The van der Waals surface area contributed by atoms with Crippen LogP contribution < -0.4 is 21.7 Å². The lowest BCUT2D eigenvalue weighted by Gasteiger charge is -2.26. The Kier molecular flexibility index (Phi) is 11.9. The summed E-state index contributed by atoms with van der Waals surface area (Å²) in [7, 11) is 0. The first-order valence-electron chi connectivity index (χ1n) is 10.7. The first-order chi connectivity index (χ1) is 15.5. The zero-order valence-electron chi connectivity index (χ0n) is 19.0. The molecular formula is C22H34N4O6S. The number of carboxylic acid groups (broad SMARTS) is 1. The van der Waals surface area contributed by atoms with E-state index in [1.54, 1.807) is 30.3 Å². The van der Waals surface area contributed by atoms with Crippen LogP contribution in [-0.4, -0.2) is 69.9 Å². The summed E-state index contributed by atoms with van der Waals surface area (Å²) in [6.45, 7) is 5.10. The molecule has 1 aromatic rings. The normalized spacial score (nSPS) is 15.6. The van der Waals surface area contributed by atoms with E-state index in [1.807, 2.05) is 13.8 Å². The van der Waals surface area contributed by atoms with Crippen LogP contribution in [0.5, 0.6) is 0 Å². The van der Waals surface area contributed by atoms with Crippen molar-refractivity contribution in [3.05, 3.63) is 35.9 Å². The maximum Gasteiger partial charge on any atom is 0.326 e. The third-order valence-electron chi connectivity index (χ3n) is 4.84. The molecule has 0 aromatic heterocycles.